The van der Waals surface area contributed by atoms with Crippen molar-refractivity contribution in [2.24, 2.45) is 0 Å². The van der Waals surface area contributed by atoms with Crippen LogP contribution in [0.2, 0.25) is 0 Å². The number of imidazole rings is 1. The maximum absolute atomic E-state index is 15.3. The Bertz CT molecular complexity index is 2800. The number of hydrogen-bond donors (Lipinski definition) is 0. The summed E-state index contributed by atoms with van der Waals surface area (Å²) in [6.07, 6.45) is -5.26. The van der Waals surface area contributed by atoms with Gasteiger partial charge in [-0.2, -0.15) is 35.9 Å². The quantitative estimate of drug-likeness (QED) is 0.0187. The Kier molecular flexibility index (Phi) is 12.6. The van der Waals surface area contributed by atoms with Crippen LogP contribution in [0.25, 0.3) is 11.2 Å². The van der Waals surface area contributed by atoms with E-state index in [1.807, 2.05) is 91.0 Å². The second-order valence-electron chi connectivity index (χ2n) is 15.3. The van der Waals surface area contributed by atoms with Gasteiger partial charge in [0.05, 0.1) is 12.9 Å². The molecule has 1 aliphatic rings. The van der Waals surface area contributed by atoms with E-state index in [1.54, 1.807) is 97.3 Å². The summed E-state index contributed by atoms with van der Waals surface area (Å²) in [6.45, 7) is -0.575. The normalized spacial score (nSPS) is 18.1. The molecule has 1 fully saturated rings. The first-order valence-corrected chi connectivity index (χ1v) is 23.3. The molecule has 0 saturated carbocycles. The number of rotatable bonds is 15. The Labute approximate surface area is 382 Å². The first-order chi connectivity index (χ1) is 32.0. The zero-order chi connectivity index (χ0) is 45.9. The fourth-order valence-electron chi connectivity index (χ4n) is 8.60. The van der Waals surface area contributed by atoms with Gasteiger partial charge in [0.25, 0.3) is 0 Å². The van der Waals surface area contributed by atoms with Gasteiger partial charge in [0.1, 0.15) is 40.1 Å². The molecule has 8 aromatic rings. The first-order valence-electron chi connectivity index (χ1n) is 20.7. The van der Waals surface area contributed by atoms with Crippen LogP contribution >= 0.6 is 11.8 Å². The third-order valence-corrected chi connectivity index (χ3v) is 13.2. The van der Waals surface area contributed by atoms with Crippen molar-refractivity contribution in [1.29, 1.82) is 0 Å². The number of benzene rings is 6. The molecule has 10 nitrogen and oxygen atoms in total. The van der Waals surface area contributed by atoms with E-state index in [-0.39, 0.29) is 16.2 Å². The monoisotopic (exact) mass is 932 g/mol. The average molecular weight is 933 g/mol. The van der Waals surface area contributed by atoms with Gasteiger partial charge >= 0.3 is 21.7 Å². The van der Waals surface area contributed by atoms with Crippen LogP contribution in [0.5, 0.6) is 0 Å². The minimum absolute atomic E-state index is 0.0959. The largest absolute Gasteiger partial charge is 0.523 e. The molecule has 0 amide bonds. The van der Waals surface area contributed by atoms with E-state index in [4.69, 9.17) is 18.4 Å². The van der Waals surface area contributed by atoms with Crippen molar-refractivity contribution >= 4 is 33.0 Å². The van der Waals surface area contributed by atoms with Gasteiger partial charge in [-0.05, 0) is 39.6 Å². The minimum atomic E-state index is -6.39. The molecule has 336 valence electrons. The van der Waals surface area contributed by atoms with Gasteiger partial charge < -0.3 is 14.2 Å². The summed E-state index contributed by atoms with van der Waals surface area (Å²) in [4.78, 5) is 12.5. The van der Waals surface area contributed by atoms with Gasteiger partial charge in [0.2, 0.25) is 0 Å². The standard InChI is InChI=1S/C50H40F4N4O6S2/c1-65-45-41-44(56-47(51)57-45)58(33-55-41)46-43(63-49(37-26-14-5-15-27-37,38-28-16-6-17-29-38)39-30-18-7-19-31-39)42(64-66(59,60)50(52,53)54)40(62-46)32-61-48(34-20-8-2-9-21-34,35-22-10-3-11-23-35)36-24-12-4-13-25-36/h2-31,33,40,42-43,46H,32H2,1H3/t40-,42-,43-,46-/m1/s1. The molecule has 0 bridgehead atoms. The van der Waals surface area contributed by atoms with E-state index in [0.717, 1.165) is 11.8 Å². The van der Waals surface area contributed by atoms with E-state index in [9.17, 15) is 21.6 Å². The molecule has 3 heterocycles. The van der Waals surface area contributed by atoms with Crippen molar-refractivity contribution in [3.63, 3.8) is 0 Å². The average Bonchev–Trinajstić information content (AvgIpc) is 3.92. The Morgan fingerprint density at radius 3 is 1.42 bits per heavy atom. The first kappa shape index (κ1) is 44.9. The lowest BCUT2D eigenvalue weighted by Crippen LogP contribution is -2.48. The number of thioether (sulfide) groups is 1. The number of alkyl halides is 3. The maximum atomic E-state index is 15.3. The zero-order valence-electron chi connectivity index (χ0n) is 35.0. The molecular formula is C50H40F4N4O6S2. The molecule has 16 heteroatoms. The highest BCUT2D eigenvalue weighted by Gasteiger charge is 2.58. The molecule has 6 aromatic carbocycles. The second-order valence-corrected chi connectivity index (χ2v) is 17.7. The van der Waals surface area contributed by atoms with Crippen LogP contribution in [0.4, 0.5) is 17.6 Å². The van der Waals surface area contributed by atoms with Crippen molar-refractivity contribution in [1.82, 2.24) is 19.5 Å². The van der Waals surface area contributed by atoms with Crippen molar-refractivity contribution in [2.75, 3.05) is 12.9 Å². The predicted molar refractivity (Wildman–Crippen MR) is 240 cm³/mol. The van der Waals surface area contributed by atoms with E-state index < -0.39 is 64.1 Å². The fourth-order valence-corrected chi connectivity index (χ4v) is 9.74. The zero-order valence-corrected chi connectivity index (χ0v) is 36.6. The van der Waals surface area contributed by atoms with Gasteiger partial charge in [0.15, 0.2) is 11.9 Å². The van der Waals surface area contributed by atoms with Crippen LogP contribution in [0, 0.1) is 6.08 Å². The molecule has 0 spiro atoms. The number of fused-ring (bicyclic) bond motifs is 1. The summed E-state index contributed by atoms with van der Waals surface area (Å²) in [6, 6.07) is 54.5. The van der Waals surface area contributed by atoms with E-state index in [1.165, 1.54) is 10.9 Å². The van der Waals surface area contributed by atoms with Crippen molar-refractivity contribution in [3.05, 3.63) is 228 Å². The van der Waals surface area contributed by atoms with Gasteiger partial charge in [-0.15, -0.1) is 11.8 Å². The molecule has 4 atom stereocenters. The Hall–Kier alpha value is -6.27. The van der Waals surface area contributed by atoms with Crippen LogP contribution in [0.1, 0.15) is 39.6 Å². The van der Waals surface area contributed by atoms with Gasteiger partial charge in [-0.25, -0.2) is 4.98 Å². The summed E-state index contributed by atoms with van der Waals surface area (Å²) in [5, 5.41) is 0.171. The third kappa shape index (κ3) is 8.29. The van der Waals surface area contributed by atoms with Gasteiger partial charge in [-0.3, -0.25) is 8.75 Å². The SMILES string of the molecule is CSc1nc(F)nc2c1ncn2[C@@H]1O[C@H](COC(c2ccccc2)(c2ccccc2)c2ccccc2)[C@@H](OS(=O)(=O)C(F)(F)F)[C@H]1OC(c1ccccc1)(c1ccccc1)c1ccccc1. The Morgan fingerprint density at radius 1 is 0.621 bits per heavy atom. The Balaban J connectivity index is 1.29. The van der Waals surface area contributed by atoms with Gasteiger partial charge in [-0.1, -0.05) is 182 Å². The number of hydrogen-bond acceptors (Lipinski definition) is 10. The lowest BCUT2D eigenvalue weighted by atomic mass is 9.79. The van der Waals surface area contributed by atoms with Crippen LogP contribution in [0.3, 0.4) is 0 Å². The molecule has 0 N–H and O–H groups in total. The van der Waals surface area contributed by atoms with Crippen LogP contribution in [0.15, 0.2) is 193 Å². The molecule has 0 unspecified atom stereocenters. The maximum Gasteiger partial charge on any atom is 0.523 e. The molecule has 0 radical (unpaired) electrons. The van der Waals surface area contributed by atoms with E-state index in [2.05, 4.69) is 15.0 Å². The van der Waals surface area contributed by atoms with Crippen molar-refractivity contribution in [2.45, 2.75) is 46.3 Å². The molecule has 2 aromatic heterocycles. The highest BCUT2D eigenvalue weighted by atomic mass is 32.2. The second kappa shape index (κ2) is 18.5. The molecule has 1 saturated heterocycles. The lowest BCUT2D eigenvalue weighted by molar-refractivity contribution is -0.122. The third-order valence-electron chi connectivity index (χ3n) is 11.5. The summed E-state index contributed by atoms with van der Waals surface area (Å²) in [5.41, 5.74) is -5.39. The number of ether oxygens (including phenoxy) is 3. The fraction of sp³-hybridized carbons (Fsp3) is 0.180. The predicted octanol–water partition coefficient (Wildman–Crippen LogP) is 10.2. The van der Waals surface area contributed by atoms with Gasteiger partial charge in [0, 0.05) is 0 Å². The lowest BCUT2D eigenvalue weighted by Gasteiger charge is -2.40. The molecular weight excluding hydrogens is 893 g/mol. The number of nitrogens with zero attached hydrogens (tertiary/aromatic N) is 4. The van der Waals surface area contributed by atoms with Crippen LogP contribution in [-0.4, -0.2) is 64.6 Å². The van der Waals surface area contributed by atoms with Crippen molar-refractivity contribution in [3.8, 4) is 0 Å². The van der Waals surface area contributed by atoms with E-state index >= 15 is 4.39 Å². The minimum Gasteiger partial charge on any atom is -0.358 e. The topological polar surface area (TPSA) is 115 Å². The summed E-state index contributed by atoms with van der Waals surface area (Å²) in [7, 11) is -6.39. The number of halogens is 4. The summed E-state index contributed by atoms with van der Waals surface area (Å²) in [5.74, 6) is 0. The van der Waals surface area contributed by atoms with Crippen molar-refractivity contribution < 1.29 is 44.4 Å². The van der Waals surface area contributed by atoms with E-state index in [0.29, 0.717) is 33.4 Å². The molecule has 9 rings (SSSR count). The molecule has 1 aliphatic heterocycles. The molecule has 66 heavy (non-hydrogen) atoms. The van der Waals surface area contributed by atoms with Crippen LogP contribution < -0.4 is 0 Å². The Morgan fingerprint density at radius 2 is 1.03 bits per heavy atom. The highest BCUT2D eigenvalue weighted by Crippen LogP contribution is 2.49. The smallest absolute Gasteiger partial charge is 0.358 e. The number of aromatic nitrogens is 4. The summed E-state index contributed by atoms with van der Waals surface area (Å²) < 4.78 is 114. The molecule has 0 aliphatic carbocycles. The highest BCUT2D eigenvalue weighted by molar-refractivity contribution is 7.98. The van der Waals surface area contributed by atoms with Crippen LogP contribution in [-0.2, 0) is 39.7 Å². The summed E-state index contributed by atoms with van der Waals surface area (Å²) >= 11 is 1.10.